The van der Waals surface area contributed by atoms with Gasteiger partial charge in [-0.1, -0.05) is 42.4 Å². The summed E-state index contributed by atoms with van der Waals surface area (Å²) >= 11 is 0. The molecule has 0 bridgehead atoms. The zero-order valence-electron chi connectivity index (χ0n) is 9.26. The number of hydrogen-bond acceptors (Lipinski definition) is 3. The van der Waals surface area contributed by atoms with E-state index in [0.29, 0.717) is 13.2 Å². The van der Waals surface area contributed by atoms with Gasteiger partial charge in [0.2, 0.25) is 0 Å². The van der Waals surface area contributed by atoms with Crippen molar-refractivity contribution in [3.05, 3.63) is 41.9 Å². The Kier molecular flexibility index (Phi) is 4.61. The summed E-state index contributed by atoms with van der Waals surface area (Å²) in [5.74, 6) is 1.96. The Hall–Kier alpha value is -1.10. The minimum Gasteiger partial charge on any atom is -0.406 e. The molecule has 3 nitrogen and oxygen atoms in total. The Balaban J connectivity index is 1.89. The van der Waals surface area contributed by atoms with Crippen LogP contribution in [0.4, 0.5) is 0 Å². The normalized spacial score (nSPS) is 18.4. The van der Waals surface area contributed by atoms with Gasteiger partial charge in [-0.3, -0.25) is 0 Å². The highest BCUT2D eigenvalue weighted by Gasteiger charge is 2.15. The van der Waals surface area contributed by atoms with Crippen molar-refractivity contribution >= 4 is 13.2 Å². The van der Waals surface area contributed by atoms with E-state index in [1.165, 1.54) is 0 Å². The van der Waals surface area contributed by atoms with E-state index >= 15 is 0 Å². The molecule has 0 spiro atoms. The van der Waals surface area contributed by atoms with Crippen molar-refractivity contribution in [2.75, 3.05) is 26.3 Å². The van der Waals surface area contributed by atoms with Crippen LogP contribution in [0.3, 0.4) is 0 Å². The summed E-state index contributed by atoms with van der Waals surface area (Å²) in [6.07, 6.45) is 2.03. The molecule has 1 heterocycles. The molecule has 1 aromatic rings. The fourth-order valence-corrected chi connectivity index (χ4v) is 1.53. The lowest BCUT2D eigenvalue weighted by molar-refractivity contribution is 0.186. The second kappa shape index (κ2) is 6.48. The monoisotopic (exact) mass is 217 g/mol. The molecule has 0 amide bonds. The smallest absolute Gasteiger partial charge is 0.406 e. The minimum atomic E-state index is -0.220. The van der Waals surface area contributed by atoms with Crippen molar-refractivity contribution in [2.45, 2.75) is 0 Å². The first-order chi connectivity index (χ1) is 7.95. The fraction of sp³-hybridized carbons (Fsp3) is 0.333. The Morgan fingerprint density at radius 1 is 1.06 bits per heavy atom. The van der Waals surface area contributed by atoms with Gasteiger partial charge in [0.05, 0.1) is 0 Å². The van der Waals surface area contributed by atoms with Crippen molar-refractivity contribution < 1.29 is 9.31 Å². The maximum absolute atomic E-state index is 5.53. The minimum absolute atomic E-state index is 0.220. The lowest BCUT2D eigenvalue weighted by Gasteiger charge is -2.15. The van der Waals surface area contributed by atoms with Gasteiger partial charge >= 0.3 is 7.12 Å². The van der Waals surface area contributed by atoms with Crippen LogP contribution in [0.1, 0.15) is 5.56 Å². The quantitative estimate of drug-likeness (QED) is 0.758. The molecular formula is C12H16BNO2. The molecule has 16 heavy (non-hydrogen) atoms. The van der Waals surface area contributed by atoms with Crippen LogP contribution in [0.2, 0.25) is 0 Å². The van der Waals surface area contributed by atoms with Gasteiger partial charge in [-0.25, -0.2) is 0 Å². The van der Waals surface area contributed by atoms with Crippen molar-refractivity contribution in [2.24, 2.45) is 0 Å². The van der Waals surface area contributed by atoms with Crippen LogP contribution in [0.25, 0.3) is 6.08 Å². The number of hydrogen-bond donors (Lipinski definition) is 1. The van der Waals surface area contributed by atoms with Crippen LogP contribution in [0.5, 0.6) is 0 Å². The topological polar surface area (TPSA) is 30.5 Å². The average Bonchev–Trinajstić information content (AvgIpc) is 2.29. The zero-order valence-corrected chi connectivity index (χ0v) is 9.26. The average molecular weight is 217 g/mol. The molecule has 1 aliphatic heterocycles. The first-order valence-electron chi connectivity index (χ1n) is 5.62. The Morgan fingerprint density at radius 3 is 2.44 bits per heavy atom. The van der Waals surface area contributed by atoms with Crippen LogP contribution in [0, 0.1) is 0 Å². The summed E-state index contributed by atoms with van der Waals surface area (Å²) in [6, 6.07) is 10.2. The molecule has 4 heteroatoms. The largest absolute Gasteiger partial charge is 0.486 e. The summed E-state index contributed by atoms with van der Waals surface area (Å²) in [5.41, 5.74) is 1.16. The highest BCUT2D eigenvalue weighted by molar-refractivity contribution is 6.51. The third kappa shape index (κ3) is 3.81. The molecule has 0 aromatic heterocycles. The molecule has 1 aromatic carbocycles. The first kappa shape index (κ1) is 11.4. The maximum Gasteiger partial charge on any atom is 0.486 e. The van der Waals surface area contributed by atoms with Gasteiger partial charge in [-0.05, 0) is 5.56 Å². The van der Waals surface area contributed by atoms with Crippen molar-refractivity contribution in [1.29, 1.82) is 0 Å². The van der Waals surface area contributed by atoms with Crippen molar-refractivity contribution in [3.63, 3.8) is 0 Å². The van der Waals surface area contributed by atoms with E-state index in [9.17, 15) is 0 Å². The molecule has 1 fully saturated rings. The molecule has 2 rings (SSSR count). The van der Waals surface area contributed by atoms with Crippen molar-refractivity contribution in [3.8, 4) is 0 Å². The summed E-state index contributed by atoms with van der Waals surface area (Å²) in [6.45, 7) is 3.14. The van der Waals surface area contributed by atoms with E-state index in [4.69, 9.17) is 9.31 Å². The molecule has 1 aliphatic rings. The second-order valence-corrected chi connectivity index (χ2v) is 3.63. The molecule has 1 saturated heterocycles. The maximum atomic E-state index is 5.53. The summed E-state index contributed by atoms with van der Waals surface area (Å²) < 4.78 is 11.1. The molecule has 1 N–H and O–H groups in total. The summed E-state index contributed by atoms with van der Waals surface area (Å²) in [5, 5.41) is 3.21. The molecule has 0 radical (unpaired) electrons. The fourth-order valence-electron chi connectivity index (χ4n) is 1.53. The zero-order chi connectivity index (χ0) is 11.1. The van der Waals surface area contributed by atoms with Crippen LogP contribution in [-0.2, 0) is 9.31 Å². The van der Waals surface area contributed by atoms with Gasteiger partial charge < -0.3 is 14.6 Å². The van der Waals surface area contributed by atoms with Crippen LogP contribution in [-0.4, -0.2) is 33.4 Å². The predicted molar refractivity (Wildman–Crippen MR) is 66.0 cm³/mol. The van der Waals surface area contributed by atoms with E-state index in [2.05, 4.69) is 17.4 Å². The highest BCUT2D eigenvalue weighted by atomic mass is 16.6. The lowest BCUT2D eigenvalue weighted by Crippen LogP contribution is -2.34. The van der Waals surface area contributed by atoms with Gasteiger partial charge in [-0.15, -0.1) is 0 Å². The molecule has 0 atom stereocenters. The summed E-state index contributed by atoms with van der Waals surface area (Å²) in [4.78, 5) is 0. The Bertz CT molecular complexity index is 321. The van der Waals surface area contributed by atoms with E-state index in [-0.39, 0.29) is 7.12 Å². The molecule has 0 unspecified atom stereocenters. The Morgan fingerprint density at radius 2 is 1.75 bits per heavy atom. The van der Waals surface area contributed by atoms with Gasteiger partial charge in [0.1, 0.15) is 0 Å². The van der Waals surface area contributed by atoms with E-state index in [1.807, 2.05) is 30.3 Å². The third-order valence-corrected chi connectivity index (χ3v) is 2.37. The summed E-state index contributed by atoms with van der Waals surface area (Å²) in [7, 11) is -0.220. The predicted octanol–water partition coefficient (Wildman–Crippen LogP) is 1.36. The molecular weight excluding hydrogens is 201 g/mol. The van der Waals surface area contributed by atoms with Crippen molar-refractivity contribution in [1.82, 2.24) is 5.32 Å². The molecule has 0 aliphatic carbocycles. The lowest BCUT2D eigenvalue weighted by atomic mass is 9.88. The third-order valence-electron chi connectivity index (χ3n) is 2.37. The number of nitrogens with one attached hydrogen (secondary N) is 1. The van der Waals surface area contributed by atoms with Gasteiger partial charge in [-0.2, -0.15) is 0 Å². The van der Waals surface area contributed by atoms with Gasteiger partial charge in [0, 0.05) is 26.3 Å². The highest BCUT2D eigenvalue weighted by Crippen LogP contribution is 2.03. The standard InChI is InChI=1S/C12H16BNO2/c1-2-4-12(5-3-1)6-7-13-15-10-8-14-9-11-16-13/h1-7,14H,8-11H2/b7-6+. The van der Waals surface area contributed by atoms with E-state index < -0.39 is 0 Å². The van der Waals surface area contributed by atoms with E-state index in [1.54, 1.807) is 0 Å². The SMILES string of the molecule is C(=C\c1ccccc1)/B1OCCNCCO1. The number of benzene rings is 1. The van der Waals surface area contributed by atoms with Crippen LogP contribution in [0.15, 0.2) is 36.3 Å². The van der Waals surface area contributed by atoms with Gasteiger partial charge in [0.25, 0.3) is 0 Å². The van der Waals surface area contributed by atoms with Crippen LogP contribution >= 0.6 is 0 Å². The first-order valence-corrected chi connectivity index (χ1v) is 5.62. The molecule has 0 saturated carbocycles. The van der Waals surface area contributed by atoms with E-state index in [0.717, 1.165) is 18.7 Å². The molecule has 84 valence electrons. The number of rotatable bonds is 2. The Labute approximate surface area is 96.6 Å². The second-order valence-electron chi connectivity index (χ2n) is 3.63. The van der Waals surface area contributed by atoms with Crippen LogP contribution < -0.4 is 5.32 Å². The van der Waals surface area contributed by atoms with Gasteiger partial charge in [0.15, 0.2) is 0 Å².